The maximum atomic E-state index is 14.8. The number of H-pyrrole nitrogens is 1. The number of carbonyl (C=O) groups is 2. The van der Waals surface area contributed by atoms with E-state index in [1.54, 1.807) is 64.3 Å². The second-order valence-corrected chi connectivity index (χ2v) is 10.6. The topological polar surface area (TPSA) is 163 Å². The zero-order valence-electron chi connectivity index (χ0n) is 25.3. The van der Waals surface area contributed by atoms with E-state index in [0.29, 0.717) is 39.1 Å². The fourth-order valence-electron chi connectivity index (χ4n) is 5.51. The molecule has 0 aliphatic heterocycles. The highest BCUT2D eigenvalue weighted by atomic mass is 16.5. The Balaban J connectivity index is 1.69. The number of hydrogen-bond donors (Lipinski definition) is 2. The van der Waals surface area contributed by atoms with Gasteiger partial charge < -0.3 is 19.6 Å². The van der Waals surface area contributed by atoms with Crippen LogP contribution in [0.4, 0.5) is 0 Å². The minimum atomic E-state index is -1.38. The van der Waals surface area contributed by atoms with Gasteiger partial charge in [0.05, 0.1) is 36.3 Å². The first-order valence-electron chi connectivity index (χ1n) is 13.8. The third kappa shape index (κ3) is 4.56. The van der Waals surface area contributed by atoms with Crippen LogP contribution in [-0.2, 0) is 0 Å². The molecule has 45 heavy (non-hydrogen) atoms. The molecule has 6 rings (SSSR count). The number of aromatic nitrogens is 6. The molecule has 0 spiro atoms. The van der Waals surface area contributed by atoms with E-state index >= 15 is 0 Å². The molecule has 228 valence electrons. The van der Waals surface area contributed by atoms with Gasteiger partial charge in [-0.05, 0) is 52.0 Å². The summed E-state index contributed by atoms with van der Waals surface area (Å²) in [7, 11) is 3.03. The van der Waals surface area contributed by atoms with Crippen molar-refractivity contribution in [3.05, 3.63) is 103 Å². The van der Waals surface area contributed by atoms with Crippen molar-refractivity contribution in [2.24, 2.45) is 0 Å². The van der Waals surface area contributed by atoms with Gasteiger partial charge in [0.25, 0.3) is 5.91 Å². The highest BCUT2D eigenvalue weighted by Crippen LogP contribution is 2.28. The molecule has 4 heterocycles. The van der Waals surface area contributed by atoms with Crippen molar-refractivity contribution >= 4 is 33.9 Å². The van der Waals surface area contributed by atoms with Crippen LogP contribution in [0.15, 0.2) is 58.4 Å². The number of rotatable bonds is 6. The van der Waals surface area contributed by atoms with Crippen molar-refractivity contribution in [2.45, 2.75) is 27.7 Å². The quantitative estimate of drug-likeness (QED) is 0.286. The van der Waals surface area contributed by atoms with E-state index in [1.807, 2.05) is 0 Å². The number of aryl methyl sites for hydroxylation is 2. The fraction of sp³-hybridized carbons (Fsp3) is 0.188. The molecule has 0 radical (unpaired) electrons. The maximum Gasteiger partial charge on any atom is 0.353 e. The lowest BCUT2D eigenvalue weighted by Gasteiger charge is -2.18. The van der Waals surface area contributed by atoms with Crippen molar-refractivity contribution in [3.8, 4) is 23.4 Å². The van der Waals surface area contributed by atoms with Gasteiger partial charge in [0, 0.05) is 46.8 Å². The second kappa shape index (κ2) is 10.6. The lowest BCUT2D eigenvalue weighted by Crippen LogP contribution is -2.29. The first-order chi connectivity index (χ1) is 21.4. The summed E-state index contributed by atoms with van der Waals surface area (Å²) in [6.07, 6.45) is 2.86. The van der Waals surface area contributed by atoms with Gasteiger partial charge in [-0.2, -0.15) is 0 Å². The van der Waals surface area contributed by atoms with Crippen LogP contribution in [0.3, 0.4) is 0 Å². The molecular formula is C32H28N6O7. The van der Waals surface area contributed by atoms with Crippen LogP contribution in [0.2, 0.25) is 0 Å². The average Bonchev–Trinajstić information content (AvgIpc) is 3.62. The first-order valence-corrected chi connectivity index (χ1v) is 13.8. The second-order valence-electron chi connectivity index (χ2n) is 10.6. The molecule has 0 saturated heterocycles. The van der Waals surface area contributed by atoms with E-state index in [-0.39, 0.29) is 45.4 Å². The zero-order chi connectivity index (χ0) is 32.3. The lowest BCUT2D eigenvalue weighted by molar-refractivity contribution is 0.0684. The van der Waals surface area contributed by atoms with Crippen molar-refractivity contribution in [3.63, 3.8) is 0 Å². The molecule has 0 aliphatic carbocycles. The highest BCUT2D eigenvalue weighted by molar-refractivity contribution is 6.03. The van der Waals surface area contributed by atoms with Crippen LogP contribution < -0.4 is 20.3 Å². The highest BCUT2D eigenvalue weighted by Gasteiger charge is 2.29. The molecule has 0 bridgehead atoms. The van der Waals surface area contributed by atoms with Gasteiger partial charge in [-0.1, -0.05) is 0 Å². The summed E-state index contributed by atoms with van der Waals surface area (Å²) < 4.78 is 14.6. The Kier molecular flexibility index (Phi) is 6.87. The van der Waals surface area contributed by atoms with Gasteiger partial charge in [0.1, 0.15) is 22.9 Å². The third-order valence-electron chi connectivity index (χ3n) is 7.81. The van der Waals surface area contributed by atoms with Crippen LogP contribution in [0.5, 0.6) is 11.5 Å². The van der Waals surface area contributed by atoms with Gasteiger partial charge in [-0.3, -0.25) is 23.5 Å². The normalized spacial score (nSPS) is 11.3. The number of pyridine rings is 2. The monoisotopic (exact) mass is 608 g/mol. The molecule has 13 heteroatoms. The lowest BCUT2D eigenvalue weighted by atomic mass is 10.1. The van der Waals surface area contributed by atoms with Gasteiger partial charge in [0.2, 0.25) is 11.9 Å². The van der Waals surface area contributed by atoms with Gasteiger partial charge in [-0.15, -0.1) is 0 Å². The number of nitrogens with zero attached hydrogens (tertiary/aromatic N) is 5. The summed E-state index contributed by atoms with van der Waals surface area (Å²) in [5.74, 6) is -0.847. The van der Waals surface area contributed by atoms with Crippen LogP contribution in [0.25, 0.3) is 34.0 Å². The van der Waals surface area contributed by atoms with E-state index in [0.717, 1.165) is 0 Å². The molecule has 2 N–H and O–H groups in total. The molecule has 0 amide bonds. The van der Waals surface area contributed by atoms with Crippen molar-refractivity contribution in [1.29, 1.82) is 0 Å². The molecule has 2 aromatic carbocycles. The summed E-state index contributed by atoms with van der Waals surface area (Å²) in [5, 5.41) is 10.2. The van der Waals surface area contributed by atoms with Crippen LogP contribution in [0, 0.1) is 27.7 Å². The molecule has 4 aromatic heterocycles. The molecule has 0 fully saturated rings. The van der Waals surface area contributed by atoms with Crippen molar-refractivity contribution in [2.75, 3.05) is 14.2 Å². The Hall–Kier alpha value is -5.98. The summed E-state index contributed by atoms with van der Waals surface area (Å²) in [6.45, 7) is 6.14. The molecule has 6 aromatic rings. The van der Waals surface area contributed by atoms with Crippen LogP contribution in [-0.4, -0.2) is 59.9 Å². The first kappa shape index (κ1) is 29.1. The predicted molar refractivity (Wildman–Crippen MR) is 166 cm³/mol. The van der Waals surface area contributed by atoms with Gasteiger partial charge in [-0.25, -0.2) is 19.3 Å². The standard InChI is InChI=1S/C32H28N6O7/c1-15-13-36(31-33-21-9-7-19(44-5)11-22(21)34-31)25(17(3)27(15)39)29(41)38-24-10-8-20(45-6)12-23(24)35-32(38)37-14-16(2)28(40)18(4)26(37)30(42)43/h7-14H,1-6H3,(H,33,34)(H,42,43). The molecule has 0 saturated carbocycles. The number of ether oxygens (including phenoxy) is 2. The van der Waals surface area contributed by atoms with E-state index in [2.05, 4.69) is 15.0 Å². The van der Waals surface area contributed by atoms with Crippen LogP contribution in [0.1, 0.15) is 43.2 Å². The number of carboxylic acids is 1. The minimum Gasteiger partial charge on any atom is -0.497 e. The number of benzene rings is 2. The third-order valence-corrected chi connectivity index (χ3v) is 7.81. The predicted octanol–water partition coefficient (Wildman–Crippen LogP) is 3.85. The summed E-state index contributed by atoms with van der Waals surface area (Å²) in [6, 6.07) is 10.2. The number of fused-ring (bicyclic) bond motifs is 2. The Bertz CT molecular complexity index is 2340. The number of imidazole rings is 2. The zero-order valence-corrected chi connectivity index (χ0v) is 25.3. The van der Waals surface area contributed by atoms with Gasteiger partial charge in [0.15, 0.2) is 10.9 Å². The number of nitrogens with one attached hydrogen (secondary N) is 1. The van der Waals surface area contributed by atoms with E-state index < -0.39 is 17.3 Å². The van der Waals surface area contributed by atoms with Crippen molar-refractivity contribution < 1.29 is 24.2 Å². The van der Waals surface area contributed by atoms with E-state index in [9.17, 15) is 24.3 Å². The number of methoxy groups -OCH3 is 2. The number of carboxylic acid groups (broad SMARTS) is 1. The maximum absolute atomic E-state index is 14.8. The van der Waals surface area contributed by atoms with E-state index in [4.69, 9.17) is 9.47 Å². The smallest absolute Gasteiger partial charge is 0.353 e. The molecule has 0 atom stereocenters. The molecule has 0 unspecified atom stereocenters. The Morgan fingerprint density at radius 1 is 0.778 bits per heavy atom. The molecule has 0 aliphatic rings. The summed E-state index contributed by atoms with van der Waals surface area (Å²) >= 11 is 0. The fourth-order valence-corrected chi connectivity index (χ4v) is 5.51. The summed E-state index contributed by atoms with van der Waals surface area (Å²) in [5.41, 5.74) is 1.46. The largest absolute Gasteiger partial charge is 0.497 e. The Labute approximate surface area is 254 Å². The Morgan fingerprint density at radius 3 is 1.98 bits per heavy atom. The van der Waals surface area contributed by atoms with Crippen molar-refractivity contribution in [1.82, 2.24) is 28.7 Å². The number of aromatic carboxylic acids is 1. The number of hydrogen-bond acceptors (Lipinski definition) is 8. The summed E-state index contributed by atoms with van der Waals surface area (Å²) in [4.78, 5) is 65.9. The number of carbonyl (C=O) groups excluding carboxylic acids is 1. The SMILES string of the molecule is COc1ccc2[nH]c(-n3cc(C)c(=O)c(C)c3C(=O)n3c(-n4cc(C)c(=O)c(C)c4C(=O)O)nc4cc(OC)ccc43)nc2c1. The number of aromatic amines is 1. The Morgan fingerprint density at radius 2 is 1.36 bits per heavy atom. The average molecular weight is 609 g/mol. The van der Waals surface area contributed by atoms with Gasteiger partial charge >= 0.3 is 5.97 Å². The van der Waals surface area contributed by atoms with Crippen LogP contribution >= 0.6 is 0 Å². The van der Waals surface area contributed by atoms with E-state index in [1.165, 1.54) is 40.1 Å². The molecular weight excluding hydrogens is 580 g/mol. The molecule has 13 nitrogen and oxygen atoms in total. The minimum absolute atomic E-state index is 0.0211.